The van der Waals surface area contributed by atoms with Crippen molar-refractivity contribution in [1.82, 2.24) is 10.2 Å². The number of aryl methyl sites for hydroxylation is 1. The van der Waals surface area contributed by atoms with E-state index in [0.29, 0.717) is 13.1 Å². The molecule has 0 radical (unpaired) electrons. The van der Waals surface area contributed by atoms with Gasteiger partial charge >= 0.3 is 0 Å². The van der Waals surface area contributed by atoms with E-state index >= 15 is 0 Å². The van der Waals surface area contributed by atoms with Gasteiger partial charge in [-0.3, -0.25) is 9.69 Å². The highest BCUT2D eigenvalue weighted by Gasteiger charge is 2.17. The molecule has 1 unspecified atom stereocenters. The van der Waals surface area contributed by atoms with Gasteiger partial charge < -0.3 is 10.1 Å². The Bertz CT molecular complexity index is 715. The molecule has 0 bridgehead atoms. The quantitative estimate of drug-likeness (QED) is 0.746. The third-order valence-corrected chi connectivity index (χ3v) is 4.85. The molecule has 0 aliphatic rings. The second-order valence-electron chi connectivity index (χ2n) is 6.54. The van der Waals surface area contributed by atoms with Crippen LogP contribution in [0.5, 0.6) is 5.75 Å². The molecule has 1 amide bonds. The summed E-state index contributed by atoms with van der Waals surface area (Å²) in [5.74, 6) is 0.906. The van der Waals surface area contributed by atoms with Gasteiger partial charge in [0.05, 0.1) is 13.7 Å². The average molecular weight is 354 g/mol. The Kier molecular flexibility index (Phi) is 7.67. The maximum atomic E-state index is 12.4. The molecule has 2 aromatic rings. The lowest BCUT2D eigenvalue weighted by molar-refractivity contribution is -0.122. The van der Waals surface area contributed by atoms with Gasteiger partial charge in [-0.2, -0.15) is 0 Å². The van der Waals surface area contributed by atoms with Crippen LogP contribution < -0.4 is 10.1 Å². The molecule has 0 aliphatic heterocycles. The van der Waals surface area contributed by atoms with E-state index in [1.807, 2.05) is 30.3 Å². The molecule has 2 aromatic carbocycles. The van der Waals surface area contributed by atoms with Gasteiger partial charge in [-0.1, -0.05) is 43.3 Å². The van der Waals surface area contributed by atoms with Crippen LogP contribution >= 0.6 is 0 Å². The monoisotopic (exact) mass is 354 g/mol. The van der Waals surface area contributed by atoms with E-state index in [1.54, 1.807) is 7.11 Å². The van der Waals surface area contributed by atoms with Crippen molar-refractivity contribution in [2.75, 3.05) is 26.7 Å². The first-order valence-corrected chi connectivity index (χ1v) is 9.24. The van der Waals surface area contributed by atoms with Crippen LogP contribution in [0.4, 0.5) is 0 Å². The largest absolute Gasteiger partial charge is 0.497 e. The predicted molar refractivity (Wildman–Crippen MR) is 107 cm³/mol. The van der Waals surface area contributed by atoms with E-state index in [1.165, 1.54) is 11.1 Å². The zero-order valence-corrected chi connectivity index (χ0v) is 16.3. The molecule has 0 spiro atoms. The first-order chi connectivity index (χ1) is 12.5. The Morgan fingerprint density at radius 1 is 1.19 bits per heavy atom. The molecule has 1 N–H and O–H groups in total. The van der Waals surface area contributed by atoms with Crippen molar-refractivity contribution in [3.8, 4) is 5.75 Å². The molecule has 0 fully saturated rings. The Labute approximate surface area is 157 Å². The van der Waals surface area contributed by atoms with Gasteiger partial charge in [-0.25, -0.2) is 0 Å². The second kappa shape index (κ2) is 9.97. The van der Waals surface area contributed by atoms with Crippen LogP contribution in [0.1, 0.15) is 36.6 Å². The van der Waals surface area contributed by atoms with E-state index in [9.17, 15) is 4.79 Å². The minimum atomic E-state index is 0.0650. The van der Waals surface area contributed by atoms with Crippen molar-refractivity contribution in [1.29, 1.82) is 0 Å². The van der Waals surface area contributed by atoms with Gasteiger partial charge in [0.1, 0.15) is 5.75 Å². The summed E-state index contributed by atoms with van der Waals surface area (Å²) in [5.41, 5.74) is 3.70. The molecule has 0 saturated heterocycles. The van der Waals surface area contributed by atoms with Crippen LogP contribution in [-0.2, 0) is 11.2 Å². The van der Waals surface area contributed by atoms with E-state index < -0.39 is 0 Å². The number of carbonyl (C=O) groups excluding carboxylic acids is 1. The summed E-state index contributed by atoms with van der Waals surface area (Å²) in [6, 6.07) is 16.5. The number of methoxy groups -OCH3 is 1. The maximum Gasteiger partial charge on any atom is 0.234 e. The third kappa shape index (κ3) is 5.60. The molecule has 2 rings (SSSR count). The third-order valence-electron chi connectivity index (χ3n) is 4.85. The lowest BCUT2D eigenvalue weighted by Crippen LogP contribution is -2.39. The van der Waals surface area contributed by atoms with Crippen LogP contribution in [0.15, 0.2) is 48.5 Å². The van der Waals surface area contributed by atoms with Gasteiger partial charge in [-0.05, 0) is 55.6 Å². The molecule has 0 aromatic heterocycles. The molecule has 4 heteroatoms. The molecule has 0 saturated carbocycles. The summed E-state index contributed by atoms with van der Waals surface area (Å²) in [7, 11) is 1.67. The number of nitrogens with one attached hydrogen (secondary N) is 1. The fourth-order valence-electron chi connectivity index (χ4n) is 3.10. The van der Waals surface area contributed by atoms with E-state index in [2.05, 4.69) is 49.2 Å². The van der Waals surface area contributed by atoms with Crippen LogP contribution in [0.3, 0.4) is 0 Å². The molecule has 0 aliphatic carbocycles. The summed E-state index contributed by atoms with van der Waals surface area (Å²) in [4.78, 5) is 14.5. The molecular formula is C22H30N2O2. The minimum absolute atomic E-state index is 0.0650. The maximum absolute atomic E-state index is 12.4. The number of rotatable bonds is 9. The van der Waals surface area contributed by atoms with Crippen LogP contribution in [0.2, 0.25) is 0 Å². The van der Waals surface area contributed by atoms with Crippen LogP contribution in [-0.4, -0.2) is 37.6 Å². The summed E-state index contributed by atoms with van der Waals surface area (Å²) < 4.78 is 5.31. The van der Waals surface area contributed by atoms with E-state index in [4.69, 9.17) is 4.74 Å². The Hall–Kier alpha value is -2.33. The number of amides is 1. The molecule has 140 valence electrons. The zero-order chi connectivity index (χ0) is 18.9. The van der Waals surface area contributed by atoms with E-state index in [0.717, 1.165) is 24.3 Å². The number of carbonyl (C=O) groups is 1. The minimum Gasteiger partial charge on any atom is -0.497 e. The normalized spacial score (nSPS) is 12.0. The summed E-state index contributed by atoms with van der Waals surface area (Å²) >= 11 is 0. The Morgan fingerprint density at radius 2 is 1.96 bits per heavy atom. The highest BCUT2D eigenvalue weighted by atomic mass is 16.5. The Morgan fingerprint density at radius 3 is 2.65 bits per heavy atom. The molecule has 0 heterocycles. The smallest absolute Gasteiger partial charge is 0.234 e. The van der Waals surface area contributed by atoms with Gasteiger partial charge in [-0.15, -0.1) is 0 Å². The standard InChI is InChI=1S/C22H30N2O2/c1-5-24(18(3)20-11-8-12-21(15-20)26-4)16-22(25)23-14-13-19-10-7-6-9-17(19)2/h6-12,15,18H,5,13-14,16H2,1-4H3,(H,23,25). The summed E-state index contributed by atoms with van der Waals surface area (Å²) in [5, 5.41) is 3.05. The number of likely N-dealkylation sites (N-methyl/N-ethyl adjacent to an activating group) is 1. The lowest BCUT2D eigenvalue weighted by atomic mass is 10.1. The second-order valence-corrected chi connectivity index (χ2v) is 6.54. The van der Waals surface area contributed by atoms with Crippen molar-refractivity contribution < 1.29 is 9.53 Å². The van der Waals surface area contributed by atoms with Crippen LogP contribution in [0, 0.1) is 6.92 Å². The van der Waals surface area contributed by atoms with Gasteiger partial charge in [0.2, 0.25) is 5.91 Å². The van der Waals surface area contributed by atoms with Gasteiger partial charge in [0.25, 0.3) is 0 Å². The van der Waals surface area contributed by atoms with Crippen molar-refractivity contribution in [2.45, 2.75) is 33.2 Å². The van der Waals surface area contributed by atoms with E-state index in [-0.39, 0.29) is 11.9 Å². The fourth-order valence-corrected chi connectivity index (χ4v) is 3.10. The van der Waals surface area contributed by atoms with Crippen molar-refractivity contribution in [3.05, 3.63) is 65.2 Å². The van der Waals surface area contributed by atoms with Crippen molar-refractivity contribution in [2.24, 2.45) is 0 Å². The number of nitrogens with zero attached hydrogens (tertiary/aromatic N) is 1. The van der Waals surface area contributed by atoms with Gasteiger partial charge in [0.15, 0.2) is 0 Å². The summed E-state index contributed by atoms with van der Waals surface area (Å²) in [6.07, 6.45) is 0.857. The fraction of sp³-hybridized carbons (Fsp3) is 0.409. The van der Waals surface area contributed by atoms with Crippen molar-refractivity contribution >= 4 is 5.91 Å². The number of ether oxygens (including phenoxy) is 1. The zero-order valence-electron chi connectivity index (χ0n) is 16.3. The number of hydrogen-bond donors (Lipinski definition) is 1. The highest BCUT2D eigenvalue weighted by molar-refractivity contribution is 5.78. The Balaban J connectivity index is 1.87. The SMILES string of the molecule is CCN(CC(=O)NCCc1ccccc1C)C(C)c1cccc(OC)c1. The molecular weight excluding hydrogens is 324 g/mol. The molecule has 1 atom stereocenters. The average Bonchev–Trinajstić information content (AvgIpc) is 2.67. The topological polar surface area (TPSA) is 41.6 Å². The van der Waals surface area contributed by atoms with Gasteiger partial charge in [0, 0.05) is 12.6 Å². The first-order valence-electron chi connectivity index (χ1n) is 9.24. The summed E-state index contributed by atoms with van der Waals surface area (Å²) in [6.45, 7) is 8.17. The molecule has 26 heavy (non-hydrogen) atoms. The van der Waals surface area contributed by atoms with Crippen LogP contribution in [0.25, 0.3) is 0 Å². The van der Waals surface area contributed by atoms with Crippen molar-refractivity contribution in [3.63, 3.8) is 0 Å². The highest BCUT2D eigenvalue weighted by Crippen LogP contribution is 2.23. The number of benzene rings is 2. The first kappa shape index (κ1) is 20.0. The molecule has 4 nitrogen and oxygen atoms in total. The lowest BCUT2D eigenvalue weighted by Gasteiger charge is -2.27. The number of hydrogen-bond acceptors (Lipinski definition) is 3. The predicted octanol–water partition coefficient (Wildman–Crippen LogP) is 3.75.